The Kier molecular flexibility index (Phi) is 3.88. The van der Waals surface area contributed by atoms with Gasteiger partial charge in [-0.05, 0) is 12.8 Å². The van der Waals surface area contributed by atoms with Crippen molar-refractivity contribution in [3.8, 4) is 0 Å². The molecule has 0 bridgehead atoms. The van der Waals surface area contributed by atoms with Crippen LogP contribution in [-0.4, -0.2) is 26.4 Å². The fourth-order valence-electron chi connectivity index (χ4n) is 2.10. The molecule has 0 radical (unpaired) electrons. The van der Waals surface area contributed by atoms with Crippen molar-refractivity contribution in [1.82, 2.24) is 9.55 Å². The van der Waals surface area contributed by atoms with Crippen LogP contribution < -0.4 is 0 Å². The SMILES string of the molecule is O=C(O)CCSc1nccn1C1CCCC1. The standard InChI is InChI=1S/C11H16N2O2S/c14-10(15)5-8-16-11-12-6-7-13(11)9-3-1-2-4-9/h6-7,9H,1-5,8H2,(H,14,15). The van der Waals surface area contributed by atoms with E-state index in [1.807, 2.05) is 6.20 Å². The summed E-state index contributed by atoms with van der Waals surface area (Å²) in [7, 11) is 0. The summed E-state index contributed by atoms with van der Waals surface area (Å²) < 4.78 is 2.21. The van der Waals surface area contributed by atoms with Crippen LogP contribution in [0.4, 0.5) is 0 Å². The van der Waals surface area contributed by atoms with E-state index in [0.717, 1.165) is 5.16 Å². The number of carboxylic acid groups (broad SMARTS) is 1. The number of carboxylic acids is 1. The van der Waals surface area contributed by atoms with Crippen LogP contribution in [0.2, 0.25) is 0 Å². The van der Waals surface area contributed by atoms with Gasteiger partial charge in [0, 0.05) is 24.2 Å². The van der Waals surface area contributed by atoms with Gasteiger partial charge in [-0.3, -0.25) is 4.79 Å². The molecule has 88 valence electrons. The van der Waals surface area contributed by atoms with E-state index in [1.54, 1.807) is 6.20 Å². The molecule has 1 aliphatic carbocycles. The third-order valence-corrected chi connectivity index (χ3v) is 3.88. The molecular weight excluding hydrogens is 224 g/mol. The van der Waals surface area contributed by atoms with E-state index >= 15 is 0 Å². The van der Waals surface area contributed by atoms with Crippen LogP contribution in [0.3, 0.4) is 0 Å². The Labute approximate surface area is 99.1 Å². The molecule has 0 saturated heterocycles. The molecule has 1 aromatic heterocycles. The van der Waals surface area contributed by atoms with Crippen LogP contribution in [-0.2, 0) is 4.79 Å². The Hall–Kier alpha value is -0.970. The minimum Gasteiger partial charge on any atom is -0.481 e. The number of rotatable bonds is 5. The van der Waals surface area contributed by atoms with E-state index in [1.165, 1.54) is 37.4 Å². The number of hydrogen-bond donors (Lipinski definition) is 1. The van der Waals surface area contributed by atoms with Crippen molar-refractivity contribution in [2.24, 2.45) is 0 Å². The molecule has 0 spiro atoms. The first-order chi connectivity index (χ1) is 7.77. The monoisotopic (exact) mass is 240 g/mol. The number of carbonyl (C=O) groups is 1. The number of thioether (sulfide) groups is 1. The summed E-state index contributed by atoms with van der Waals surface area (Å²) in [4.78, 5) is 14.7. The molecule has 0 atom stereocenters. The predicted molar refractivity (Wildman–Crippen MR) is 62.7 cm³/mol. The molecule has 16 heavy (non-hydrogen) atoms. The molecule has 0 unspecified atom stereocenters. The Morgan fingerprint density at radius 3 is 3.00 bits per heavy atom. The number of imidazole rings is 1. The highest BCUT2D eigenvalue weighted by molar-refractivity contribution is 7.99. The number of nitrogens with zero attached hydrogens (tertiary/aromatic N) is 2. The minimum absolute atomic E-state index is 0.197. The van der Waals surface area contributed by atoms with Gasteiger partial charge in [0.25, 0.3) is 0 Å². The van der Waals surface area contributed by atoms with E-state index < -0.39 is 5.97 Å². The lowest BCUT2D eigenvalue weighted by molar-refractivity contribution is -0.136. The van der Waals surface area contributed by atoms with Crippen molar-refractivity contribution < 1.29 is 9.90 Å². The summed E-state index contributed by atoms with van der Waals surface area (Å²) >= 11 is 1.54. The molecule has 2 rings (SSSR count). The molecule has 1 fully saturated rings. The maximum absolute atomic E-state index is 10.4. The van der Waals surface area contributed by atoms with Crippen molar-refractivity contribution in [3.63, 3.8) is 0 Å². The summed E-state index contributed by atoms with van der Waals surface area (Å²) in [6.45, 7) is 0. The molecule has 1 aliphatic rings. The zero-order valence-corrected chi connectivity index (χ0v) is 9.95. The Balaban J connectivity index is 1.93. The van der Waals surface area contributed by atoms with Gasteiger partial charge in [-0.1, -0.05) is 24.6 Å². The molecule has 0 aromatic carbocycles. The topological polar surface area (TPSA) is 55.1 Å². The van der Waals surface area contributed by atoms with E-state index in [0.29, 0.717) is 11.8 Å². The van der Waals surface area contributed by atoms with E-state index in [2.05, 4.69) is 9.55 Å². The van der Waals surface area contributed by atoms with E-state index in [9.17, 15) is 4.79 Å². The van der Waals surface area contributed by atoms with Gasteiger partial charge in [0.1, 0.15) is 0 Å². The molecule has 1 aromatic rings. The highest BCUT2D eigenvalue weighted by atomic mass is 32.2. The largest absolute Gasteiger partial charge is 0.481 e. The van der Waals surface area contributed by atoms with E-state index in [4.69, 9.17) is 5.11 Å². The van der Waals surface area contributed by atoms with Gasteiger partial charge >= 0.3 is 5.97 Å². The van der Waals surface area contributed by atoms with Crippen LogP contribution in [0.15, 0.2) is 17.6 Å². The fraction of sp³-hybridized carbons (Fsp3) is 0.636. The van der Waals surface area contributed by atoms with Gasteiger partial charge in [-0.25, -0.2) is 4.98 Å². The van der Waals surface area contributed by atoms with Crippen molar-refractivity contribution in [1.29, 1.82) is 0 Å². The number of hydrogen-bond acceptors (Lipinski definition) is 3. The van der Waals surface area contributed by atoms with Crippen molar-refractivity contribution in [3.05, 3.63) is 12.4 Å². The first-order valence-corrected chi connectivity index (χ1v) is 6.63. The second kappa shape index (κ2) is 5.39. The van der Waals surface area contributed by atoms with Crippen LogP contribution in [0, 0.1) is 0 Å². The number of aliphatic carboxylic acids is 1. The summed E-state index contributed by atoms with van der Waals surface area (Å²) in [5, 5.41) is 9.55. The van der Waals surface area contributed by atoms with Crippen molar-refractivity contribution in [2.75, 3.05) is 5.75 Å². The third-order valence-electron chi connectivity index (χ3n) is 2.90. The van der Waals surface area contributed by atoms with Crippen LogP contribution in [0.1, 0.15) is 38.1 Å². The van der Waals surface area contributed by atoms with Gasteiger partial charge in [0.2, 0.25) is 0 Å². The van der Waals surface area contributed by atoms with Crippen molar-refractivity contribution in [2.45, 2.75) is 43.3 Å². The lowest BCUT2D eigenvalue weighted by atomic mass is 10.2. The molecule has 1 heterocycles. The molecule has 5 heteroatoms. The van der Waals surface area contributed by atoms with Crippen molar-refractivity contribution >= 4 is 17.7 Å². The second-order valence-corrected chi connectivity index (χ2v) is 5.11. The van der Waals surface area contributed by atoms with Gasteiger partial charge in [0.15, 0.2) is 5.16 Å². The highest BCUT2D eigenvalue weighted by Gasteiger charge is 2.19. The lowest BCUT2D eigenvalue weighted by Crippen LogP contribution is -2.05. The zero-order valence-electron chi connectivity index (χ0n) is 9.13. The molecule has 1 saturated carbocycles. The van der Waals surface area contributed by atoms with Crippen LogP contribution in [0.25, 0.3) is 0 Å². The molecule has 1 N–H and O–H groups in total. The molecule has 0 amide bonds. The number of aromatic nitrogens is 2. The highest BCUT2D eigenvalue weighted by Crippen LogP contribution is 2.32. The fourth-order valence-corrected chi connectivity index (χ4v) is 3.05. The quantitative estimate of drug-likeness (QED) is 0.804. The summed E-state index contributed by atoms with van der Waals surface area (Å²) in [5.74, 6) is -0.148. The summed E-state index contributed by atoms with van der Waals surface area (Å²) in [6, 6.07) is 0.579. The third kappa shape index (κ3) is 2.78. The van der Waals surface area contributed by atoms with Gasteiger partial charge in [-0.15, -0.1) is 0 Å². The zero-order chi connectivity index (χ0) is 11.4. The van der Waals surface area contributed by atoms with E-state index in [-0.39, 0.29) is 6.42 Å². The second-order valence-electron chi connectivity index (χ2n) is 4.05. The molecule has 0 aliphatic heterocycles. The van der Waals surface area contributed by atoms with Crippen LogP contribution >= 0.6 is 11.8 Å². The summed E-state index contributed by atoms with van der Waals surface area (Å²) in [6.07, 6.45) is 9.05. The molecular formula is C11H16N2O2S. The van der Waals surface area contributed by atoms with Gasteiger partial charge in [0.05, 0.1) is 6.42 Å². The maximum atomic E-state index is 10.4. The summed E-state index contributed by atoms with van der Waals surface area (Å²) in [5.41, 5.74) is 0. The van der Waals surface area contributed by atoms with Gasteiger partial charge in [-0.2, -0.15) is 0 Å². The normalized spacial score (nSPS) is 16.8. The van der Waals surface area contributed by atoms with Gasteiger partial charge < -0.3 is 9.67 Å². The maximum Gasteiger partial charge on any atom is 0.304 e. The predicted octanol–water partition coefficient (Wildman–Crippen LogP) is 2.57. The minimum atomic E-state index is -0.744. The van der Waals surface area contributed by atoms with Crippen LogP contribution in [0.5, 0.6) is 0 Å². The Morgan fingerprint density at radius 2 is 2.31 bits per heavy atom. The average Bonchev–Trinajstić information content (AvgIpc) is 2.84. The Bertz CT molecular complexity index is 359. The molecule has 4 nitrogen and oxygen atoms in total. The Morgan fingerprint density at radius 1 is 1.56 bits per heavy atom. The lowest BCUT2D eigenvalue weighted by Gasteiger charge is -2.13. The first kappa shape index (κ1) is 11.5. The smallest absolute Gasteiger partial charge is 0.304 e. The average molecular weight is 240 g/mol. The first-order valence-electron chi connectivity index (χ1n) is 5.65.